The van der Waals surface area contributed by atoms with E-state index in [1.54, 1.807) is 53.0 Å². The van der Waals surface area contributed by atoms with Gasteiger partial charge in [0.1, 0.15) is 11.6 Å². The Morgan fingerprint density at radius 1 is 1.05 bits per heavy atom. The predicted octanol–water partition coefficient (Wildman–Crippen LogP) is 6.69. The lowest BCUT2D eigenvalue weighted by molar-refractivity contribution is 0.185. The molecule has 1 unspecified atom stereocenters. The number of anilines is 1. The van der Waals surface area contributed by atoms with Gasteiger partial charge in [-0.3, -0.25) is 9.36 Å². The van der Waals surface area contributed by atoms with Crippen molar-refractivity contribution in [3.8, 4) is 11.4 Å². The molecule has 1 atom stereocenters. The molecule has 1 heterocycles. The molecule has 37 heavy (non-hydrogen) atoms. The Kier molecular flexibility index (Phi) is 8.14. The van der Waals surface area contributed by atoms with Gasteiger partial charge in [0, 0.05) is 17.3 Å². The number of carbonyl (C=O) groups excluding carboxylic acids is 1. The molecule has 7 nitrogen and oxygen atoms in total. The van der Waals surface area contributed by atoms with E-state index in [1.165, 1.54) is 0 Å². The smallest absolute Gasteiger partial charge is 0.322 e. The van der Waals surface area contributed by atoms with Crippen LogP contribution in [0.1, 0.15) is 39.1 Å². The minimum absolute atomic E-state index is 0.226. The number of amides is 2. The molecule has 2 amide bonds. The lowest BCUT2D eigenvalue weighted by atomic mass is 10.1. The van der Waals surface area contributed by atoms with Crippen LogP contribution in [0, 0.1) is 5.92 Å². The van der Waals surface area contributed by atoms with Gasteiger partial charge < -0.3 is 15.0 Å². The molecule has 0 bridgehead atoms. The molecule has 192 valence electrons. The number of carbonyl (C=O) groups is 1. The third-order valence-corrected chi connectivity index (χ3v) is 6.49. The summed E-state index contributed by atoms with van der Waals surface area (Å²) in [5, 5.41) is 3.97. The van der Waals surface area contributed by atoms with E-state index in [4.69, 9.17) is 21.3 Å². The maximum atomic E-state index is 13.8. The van der Waals surface area contributed by atoms with Crippen LogP contribution in [0.3, 0.4) is 0 Å². The maximum absolute atomic E-state index is 13.8. The first-order valence-corrected chi connectivity index (χ1v) is 12.7. The molecule has 4 rings (SSSR count). The molecule has 0 saturated heterocycles. The van der Waals surface area contributed by atoms with Crippen LogP contribution in [0.2, 0.25) is 5.02 Å². The lowest BCUT2D eigenvalue weighted by Gasteiger charge is -2.31. The largest absolute Gasteiger partial charge is 0.495 e. The van der Waals surface area contributed by atoms with E-state index < -0.39 is 6.04 Å². The van der Waals surface area contributed by atoms with E-state index in [9.17, 15) is 9.59 Å². The van der Waals surface area contributed by atoms with Crippen LogP contribution >= 0.6 is 11.6 Å². The summed E-state index contributed by atoms with van der Waals surface area (Å²) in [7, 11) is 1.56. The van der Waals surface area contributed by atoms with Crippen molar-refractivity contribution in [3.63, 3.8) is 0 Å². The van der Waals surface area contributed by atoms with Gasteiger partial charge in [-0.1, -0.05) is 55.8 Å². The highest BCUT2D eigenvalue weighted by Gasteiger charge is 2.28. The molecule has 0 fully saturated rings. The number of hydrogen-bond donors (Lipinski definition) is 1. The van der Waals surface area contributed by atoms with Gasteiger partial charge in [0.15, 0.2) is 0 Å². The van der Waals surface area contributed by atoms with Crippen LogP contribution in [0.15, 0.2) is 77.6 Å². The summed E-state index contributed by atoms with van der Waals surface area (Å²) in [4.78, 5) is 34.1. The number of nitrogens with one attached hydrogen (secondary N) is 1. The van der Waals surface area contributed by atoms with Crippen LogP contribution in [-0.4, -0.2) is 34.1 Å². The van der Waals surface area contributed by atoms with Crippen molar-refractivity contribution in [1.82, 2.24) is 14.5 Å². The standard InChI is InChI=1S/C29H31ClN4O3/c1-19(2)16-17-33(29(36)31-22-11-9-10-21(30)18-22)20(3)27-32-24-13-6-5-12-23(24)28(35)34(27)25-14-7-8-15-26(25)37-4/h5-15,18-20H,16-17H2,1-4H3,(H,31,36). The van der Waals surface area contributed by atoms with E-state index >= 15 is 0 Å². The summed E-state index contributed by atoms with van der Waals surface area (Å²) in [5.41, 5.74) is 1.50. The number of fused-ring (bicyclic) bond motifs is 1. The zero-order valence-corrected chi connectivity index (χ0v) is 22.2. The van der Waals surface area contributed by atoms with Crippen molar-refractivity contribution in [3.05, 3.63) is 94.0 Å². The minimum Gasteiger partial charge on any atom is -0.495 e. The van der Waals surface area contributed by atoms with Crippen LogP contribution < -0.4 is 15.6 Å². The van der Waals surface area contributed by atoms with Crippen LogP contribution in [0.5, 0.6) is 5.75 Å². The Hall–Kier alpha value is -3.84. The van der Waals surface area contributed by atoms with E-state index in [0.29, 0.717) is 51.3 Å². The first-order valence-electron chi connectivity index (χ1n) is 12.3. The van der Waals surface area contributed by atoms with E-state index in [0.717, 1.165) is 6.42 Å². The molecular formula is C29H31ClN4O3. The molecule has 0 aliphatic rings. The van der Waals surface area contributed by atoms with Gasteiger partial charge in [-0.2, -0.15) is 0 Å². The third kappa shape index (κ3) is 5.78. The number of para-hydroxylation sites is 3. The molecule has 0 aliphatic carbocycles. The Morgan fingerprint density at radius 3 is 2.51 bits per heavy atom. The first-order chi connectivity index (χ1) is 17.8. The van der Waals surface area contributed by atoms with Gasteiger partial charge >= 0.3 is 6.03 Å². The second-order valence-electron chi connectivity index (χ2n) is 9.29. The zero-order chi connectivity index (χ0) is 26.5. The van der Waals surface area contributed by atoms with Crippen molar-refractivity contribution in [1.29, 1.82) is 0 Å². The highest BCUT2D eigenvalue weighted by molar-refractivity contribution is 6.30. The van der Waals surface area contributed by atoms with Gasteiger partial charge in [-0.25, -0.2) is 9.78 Å². The molecule has 1 N–H and O–H groups in total. The Balaban J connectivity index is 1.86. The average Bonchev–Trinajstić information content (AvgIpc) is 2.88. The molecule has 0 spiro atoms. The van der Waals surface area contributed by atoms with Gasteiger partial charge in [0.25, 0.3) is 5.56 Å². The Morgan fingerprint density at radius 2 is 1.78 bits per heavy atom. The number of rotatable bonds is 8. The maximum Gasteiger partial charge on any atom is 0.322 e. The number of hydrogen-bond acceptors (Lipinski definition) is 4. The number of halogens is 1. The van der Waals surface area contributed by atoms with Gasteiger partial charge in [0.2, 0.25) is 0 Å². The second kappa shape index (κ2) is 11.5. The summed E-state index contributed by atoms with van der Waals surface area (Å²) in [6.07, 6.45) is 0.778. The van der Waals surface area contributed by atoms with Gasteiger partial charge in [-0.05, 0) is 61.7 Å². The molecule has 0 aliphatic heterocycles. The van der Waals surface area contributed by atoms with Gasteiger partial charge in [-0.15, -0.1) is 0 Å². The zero-order valence-electron chi connectivity index (χ0n) is 21.4. The molecule has 0 saturated carbocycles. The van der Waals surface area contributed by atoms with Crippen molar-refractivity contribution >= 4 is 34.2 Å². The van der Waals surface area contributed by atoms with Crippen molar-refractivity contribution in [2.24, 2.45) is 5.92 Å². The summed E-state index contributed by atoms with van der Waals surface area (Å²) in [6, 6.07) is 20.7. The number of benzene rings is 3. The quantitative estimate of drug-likeness (QED) is 0.282. The normalized spacial score (nSPS) is 11.9. The number of methoxy groups -OCH3 is 1. The fraction of sp³-hybridized carbons (Fsp3) is 0.276. The number of urea groups is 1. The Bertz CT molecular complexity index is 1470. The second-order valence-corrected chi connectivity index (χ2v) is 9.73. The fourth-order valence-electron chi connectivity index (χ4n) is 4.25. The first kappa shape index (κ1) is 26.2. The van der Waals surface area contributed by atoms with E-state index in [2.05, 4.69) is 19.2 Å². The van der Waals surface area contributed by atoms with Crippen LogP contribution in [-0.2, 0) is 0 Å². The molecule has 8 heteroatoms. The third-order valence-electron chi connectivity index (χ3n) is 6.25. The van der Waals surface area contributed by atoms with Crippen LogP contribution in [0.4, 0.5) is 10.5 Å². The van der Waals surface area contributed by atoms with Crippen molar-refractivity contribution < 1.29 is 9.53 Å². The Labute approximate surface area is 221 Å². The average molecular weight is 519 g/mol. The van der Waals surface area contributed by atoms with E-state index in [-0.39, 0.29) is 11.6 Å². The van der Waals surface area contributed by atoms with Gasteiger partial charge in [0.05, 0.1) is 29.7 Å². The SMILES string of the molecule is COc1ccccc1-n1c(C(C)N(CCC(C)C)C(=O)Nc2cccc(Cl)c2)nc2ccccc2c1=O. The van der Waals surface area contributed by atoms with Crippen LogP contribution in [0.25, 0.3) is 16.6 Å². The number of ether oxygens (including phenoxy) is 1. The highest BCUT2D eigenvalue weighted by atomic mass is 35.5. The molecule has 0 radical (unpaired) electrons. The number of aromatic nitrogens is 2. The summed E-state index contributed by atoms with van der Waals surface area (Å²) in [5.74, 6) is 1.35. The summed E-state index contributed by atoms with van der Waals surface area (Å²) in [6.45, 7) is 6.58. The van der Waals surface area contributed by atoms with Crippen molar-refractivity contribution in [2.75, 3.05) is 19.0 Å². The predicted molar refractivity (Wildman–Crippen MR) is 149 cm³/mol. The molecule has 4 aromatic rings. The number of nitrogens with zero attached hydrogens (tertiary/aromatic N) is 3. The molecule has 3 aromatic carbocycles. The summed E-state index contributed by atoms with van der Waals surface area (Å²) >= 11 is 6.13. The topological polar surface area (TPSA) is 76.5 Å². The molecular weight excluding hydrogens is 488 g/mol. The van der Waals surface area contributed by atoms with Crippen molar-refractivity contribution in [2.45, 2.75) is 33.2 Å². The fourth-order valence-corrected chi connectivity index (χ4v) is 4.44. The van der Waals surface area contributed by atoms with E-state index in [1.807, 2.05) is 43.3 Å². The monoisotopic (exact) mass is 518 g/mol. The lowest BCUT2D eigenvalue weighted by Crippen LogP contribution is -2.40. The molecule has 1 aromatic heterocycles. The summed E-state index contributed by atoms with van der Waals surface area (Å²) < 4.78 is 7.14. The highest BCUT2D eigenvalue weighted by Crippen LogP contribution is 2.28. The minimum atomic E-state index is -0.542.